The Morgan fingerprint density at radius 2 is 1.83 bits per heavy atom. The Labute approximate surface area is 147 Å². The van der Waals surface area contributed by atoms with Crippen molar-refractivity contribution in [3.63, 3.8) is 0 Å². The van der Waals surface area contributed by atoms with E-state index < -0.39 is 0 Å². The molecule has 1 heterocycles. The Bertz CT molecular complexity index is 514. The number of anilines is 1. The molecule has 0 saturated carbocycles. The summed E-state index contributed by atoms with van der Waals surface area (Å²) in [7, 11) is 5.70. The van der Waals surface area contributed by atoms with E-state index in [1.54, 1.807) is 13.2 Å². The maximum Gasteiger partial charge on any atom is 0.146 e. The molecule has 0 aliphatic rings. The summed E-state index contributed by atoms with van der Waals surface area (Å²) in [5.41, 5.74) is 0.667. The Hall–Kier alpha value is -1.20. The van der Waals surface area contributed by atoms with E-state index in [4.69, 9.17) is 4.74 Å². The van der Waals surface area contributed by atoms with Crippen molar-refractivity contribution in [2.45, 2.75) is 59.7 Å². The van der Waals surface area contributed by atoms with Crippen LogP contribution in [0.2, 0.25) is 0 Å². The standard InChI is InChI=1S/C19H34FN3O/c1-14(2)23(7)18-10-9-16(20)17(21-18)12-22(6)15(13-24-8)11-19(3,4)5/h9-10,14-15H,11-13H2,1-8H3. The fourth-order valence-electron chi connectivity index (χ4n) is 2.65. The van der Waals surface area contributed by atoms with Crippen LogP contribution in [0.3, 0.4) is 0 Å². The number of rotatable bonds is 8. The monoisotopic (exact) mass is 339 g/mol. The molecule has 0 N–H and O–H groups in total. The van der Waals surface area contributed by atoms with Crippen molar-refractivity contribution >= 4 is 5.82 Å². The van der Waals surface area contributed by atoms with Gasteiger partial charge in [0.1, 0.15) is 11.6 Å². The van der Waals surface area contributed by atoms with E-state index >= 15 is 0 Å². The van der Waals surface area contributed by atoms with Crippen LogP contribution in [0.4, 0.5) is 10.2 Å². The summed E-state index contributed by atoms with van der Waals surface area (Å²) in [4.78, 5) is 8.73. The Balaban J connectivity index is 2.94. The SMILES string of the molecule is COCC(CC(C)(C)C)N(C)Cc1nc(N(C)C(C)C)ccc1F. The van der Waals surface area contributed by atoms with Gasteiger partial charge in [0.15, 0.2) is 0 Å². The molecule has 138 valence electrons. The largest absolute Gasteiger partial charge is 0.383 e. The van der Waals surface area contributed by atoms with Crippen LogP contribution in [0.25, 0.3) is 0 Å². The van der Waals surface area contributed by atoms with E-state index in [-0.39, 0.29) is 17.3 Å². The first-order chi connectivity index (χ1) is 11.0. The van der Waals surface area contributed by atoms with Crippen LogP contribution in [0.1, 0.15) is 46.7 Å². The fourth-order valence-corrected chi connectivity index (χ4v) is 2.65. The number of hydrogen-bond donors (Lipinski definition) is 0. The average molecular weight is 339 g/mol. The van der Waals surface area contributed by atoms with Crippen LogP contribution < -0.4 is 4.90 Å². The van der Waals surface area contributed by atoms with E-state index in [9.17, 15) is 4.39 Å². The lowest BCUT2D eigenvalue weighted by Gasteiger charge is -2.33. The molecule has 0 bridgehead atoms. The molecule has 5 heteroatoms. The van der Waals surface area contributed by atoms with Gasteiger partial charge in [0.05, 0.1) is 12.3 Å². The number of pyridine rings is 1. The Morgan fingerprint density at radius 1 is 1.21 bits per heavy atom. The molecule has 0 spiro atoms. The molecular formula is C19H34FN3O. The van der Waals surface area contributed by atoms with Gasteiger partial charge in [-0.05, 0) is 44.9 Å². The molecule has 0 aromatic carbocycles. The quantitative estimate of drug-likeness (QED) is 0.717. The molecule has 0 amide bonds. The van der Waals surface area contributed by atoms with Crippen LogP contribution in [0, 0.1) is 11.2 Å². The van der Waals surface area contributed by atoms with E-state index in [2.05, 4.69) is 44.5 Å². The highest BCUT2D eigenvalue weighted by molar-refractivity contribution is 5.39. The second-order valence-electron chi connectivity index (χ2n) is 8.09. The third-order valence-corrected chi connectivity index (χ3v) is 4.27. The van der Waals surface area contributed by atoms with Gasteiger partial charge >= 0.3 is 0 Å². The van der Waals surface area contributed by atoms with Gasteiger partial charge in [-0.25, -0.2) is 9.37 Å². The molecule has 0 saturated heterocycles. The van der Waals surface area contributed by atoms with Crippen molar-refractivity contribution in [3.8, 4) is 0 Å². The number of hydrogen-bond acceptors (Lipinski definition) is 4. The molecule has 0 aliphatic carbocycles. The molecule has 1 aromatic heterocycles. The second kappa shape index (κ2) is 8.77. The normalized spacial score (nSPS) is 13.6. The highest BCUT2D eigenvalue weighted by atomic mass is 19.1. The van der Waals surface area contributed by atoms with Crippen LogP contribution in [0.15, 0.2) is 12.1 Å². The molecule has 24 heavy (non-hydrogen) atoms. The topological polar surface area (TPSA) is 28.6 Å². The molecule has 4 nitrogen and oxygen atoms in total. The van der Waals surface area contributed by atoms with Crippen LogP contribution >= 0.6 is 0 Å². The lowest BCUT2D eigenvalue weighted by molar-refractivity contribution is 0.0751. The van der Waals surface area contributed by atoms with Gasteiger partial charge in [0.25, 0.3) is 0 Å². The lowest BCUT2D eigenvalue weighted by Crippen LogP contribution is -2.38. The van der Waals surface area contributed by atoms with E-state index in [0.29, 0.717) is 24.9 Å². The maximum absolute atomic E-state index is 14.2. The maximum atomic E-state index is 14.2. The third kappa shape index (κ3) is 6.36. The molecule has 0 fully saturated rings. The summed E-state index contributed by atoms with van der Waals surface area (Å²) >= 11 is 0. The van der Waals surface area contributed by atoms with Crippen LogP contribution in [-0.2, 0) is 11.3 Å². The van der Waals surface area contributed by atoms with Crippen LogP contribution in [0.5, 0.6) is 0 Å². The van der Waals surface area contributed by atoms with Crippen molar-refractivity contribution in [2.24, 2.45) is 5.41 Å². The van der Waals surface area contributed by atoms with Crippen molar-refractivity contribution in [1.29, 1.82) is 0 Å². The zero-order chi connectivity index (χ0) is 18.5. The number of aromatic nitrogens is 1. The summed E-state index contributed by atoms with van der Waals surface area (Å²) in [6, 6.07) is 3.79. The number of likely N-dealkylation sites (N-methyl/N-ethyl adjacent to an activating group) is 1. The highest BCUT2D eigenvalue weighted by Crippen LogP contribution is 2.25. The van der Waals surface area contributed by atoms with Gasteiger partial charge < -0.3 is 9.64 Å². The van der Waals surface area contributed by atoms with Gasteiger partial charge in [-0.15, -0.1) is 0 Å². The predicted molar refractivity (Wildman–Crippen MR) is 98.9 cm³/mol. The third-order valence-electron chi connectivity index (χ3n) is 4.27. The number of halogens is 1. The summed E-state index contributed by atoms with van der Waals surface area (Å²) in [6.07, 6.45) is 0.977. The summed E-state index contributed by atoms with van der Waals surface area (Å²) in [5, 5.41) is 0. The van der Waals surface area contributed by atoms with Crippen molar-refractivity contribution in [3.05, 3.63) is 23.6 Å². The molecule has 0 radical (unpaired) electrons. The zero-order valence-electron chi connectivity index (χ0n) is 16.6. The molecular weight excluding hydrogens is 305 g/mol. The first-order valence-electron chi connectivity index (χ1n) is 8.62. The highest BCUT2D eigenvalue weighted by Gasteiger charge is 2.23. The van der Waals surface area contributed by atoms with E-state index in [1.807, 2.05) is 19.0 Å². The predicted octanol–water partition coefficient (Wildman–Crippen LogP) is 3.95. The fraction of sp³-hybridized carbons (Fsp3) is 0.737. The summed E-state index contributed by atoms with van der Waals surface area (Å²) in [5.74, 6) is 0.545. The number of methoxy groups -OCH3 is 1. The molecule has 0 aliphatic heterocycles. The second-order valence-corrected chi connectivity index (χ2v) is 8.09. The van der Waals surface area contributed by atoms with Gasteiger partial charge in [0.2, 0.25) is 0 Å². The minimum atomic E-state index is -0.255. The van der Waals surface area contributed by atoms with Crippen molar-refractivity contribution < 1.29 is 9.13 Å². The first-order valence-corrected chi connectivity index (χ1v) is 8.62. The van der Waals surface area contributed by atoms with E-state index in [1.165, 1.54) is 6.07 Å². The van der Waals surface area contributed by atoms with Crippen LogP contribution in [-0.4, -0.2) is 49.8 Å². The van der Waals surface area contributed by atoms with E-state index in [0.717, 1.165) is 12.2 Å². The molecule has 1 aromatic rings. The lowest BCUT2D eigenvalue weighted by atomic mass is 9.88. The Morgan fingerprint density at radius 3 is 2.33 bits per heavy atom. The Kier molecular flexibility index (Phi) is 7.61. The minimum absolute atomic E-state index is 0.184. The van der Waals surface area contributed by atoms with Gasteiger partial charge in [-0.2, -0.15) is 0 Å². The molecule has 1 rings (SSSR count). The zero-order valence-corrected chi connectivity index (χ0v) is 16.6. The van der Waals surface area contributed by atoms with Gasteiger partial charge in [-0.1, -0.05) is 20.8 Å². The van der Waals surface area contributed by atoms with Gasteiger partial charge in [-0.3, -0.25) is 4.90 Å². The minimum Gasteiger partial charge on any atom is -0.383 e. The molecule has 1 unspecified atom stereocenters. The average Bonchev–Trinajstić information content (AvgIpc) is 2.46. The summed E-state index contributed by atoms with van der Waals surface area (Å²) < 4.78 is 19.6. The number of ether oxygens (including phenoxy) is 1. The molecule has 1 atom stereocenters. The van der Waals surface area contributed by atoms with Gasteiger partial charge in [0, 0.05) is 32.8 Å². The summed E-state index contributed by atoms with van der Waals surface area (Å²) in [6.45, 7) is 11.9. The smallest absolute Gasteiger partial charge is 0.146 e. The number of nitrogens with zero attached hydrogens (tertiary/aromatic N) is 3. The van der Waals surface area contributed by atoms with Crippen molar-refractivity contribution in [2.75, 3.05) is 32.7 Å². The van der Waals surface area contributed by atoms with Crippen molar-refractivity contribution in [1.82, 2.24) is 9.88 Å². The first kappa shape index (κ1) is 20.8.